The van der Waals surface area contributed by atoms with Crippen molar-refractivity contribution in [2.45, 2.75) is 13.3 Å². The summed E-state index contributed by atoms with van der Waals surface area (Å²) in [7, 11) is 0. The predicted molar refractivity (Wildman–Crippen MR) is 85.5 cm³/mol. The lowest BCUT2D eigenvalue weighted by atomic mass is 10.1. The molecule has 0 fully saturated rings. The van der Waals surface area contributed by atoms with E-state index >= 15 is 0 Å². The largest absolute Gasteiger partial charge is 0.337 e. The van der Waals surface area contributed by atoms with Crippen LogP contribution in [0.5, 0.6) is 0 Å². The van der Waals surface area contributed by atoms with E-state index in [2.05, 4.69) is 68.8 Å². The molecule has 0 aliphatic carbocycles. The maximum Gasteiger partial charge on any atom is 0.182 e. The number of benzene rings is 2. The number of H-pyrrole nitrogens is 1. The molecule has 1 N–H and O–H groups in total. The lowest BCUT2D eigenvalue weighted by Crippen LogP contribution is -1.98. The second-order valence-electron chi connectivity index (χ2n) is 4.45. The lowest BCUT2D eigenvalue weighted by Gasteiger charge is -2.08. The molecule has 2 aromatic carbocycles. The molecule has 1 aromatic heterocycles. The van der Waals surface area contributed by atoms with Crippen molar-refractivity contribution in [2.24, 2.45) is 0 Å². The van der Waals surface area contributed by atoms with Crippen LogP contribution in [-0.4, -0.2) is 9.55 Å². The van der Waals surface area contributed by atoms with Crippen molar-refractivity contribution in [1.29, 1.82) is 0 Å². The molecule has 0 amide bonds. The summed E-state index contributed by atoms with van der Waals surface area (Å²) in [5, 5.41) is 2.43. The number of fused-ring (bicyclic) bond motifs is 1. The first-order chi connectivity index (χ1) is 9.19. The standard InChI is InChI=1S/C15H13BrN2S/c1-2-13-9-17-15(19)18(13)14-6-4-10-7-12(16)5-3-11(10)8-14/h3-9H,2H2,1H3,(H,17,19). The van der Waals surface area contributed by atoms with Crippen molar-refractivity contribution in [3.05, 3.63) is 57.5 Å². The van der Waals surface area contributed by atoms with E-state index in [1.54, 1.807) is 0 Å². The Balaban J connectivity index is 2.23. The Labute approximate surface area is 125 Å². The highest BCUT2D eigenvalue weighted by molar-refractivity contribution is 9.10. The first-order valence-corrected chi connectivity index (χ1v) is 7.38. The molecule has 3 rings (SSSR count). The normalized spacial score (nSPS) is 11.1. The predicted octanol–water partition coefficient (Wildman–Crippen LogP) is 5.01. The molecule has 0 aliphatic rings. The number of hydrogen-bond acceptors (Lipinski definition) is 1. The molecular formula is C15H13BrN2S. The molecule has 0 unspecified atom stereocenters. The molecule has 0 aliphatic heterocycles. The minimum atomic E-state index is 0.744. The van der Waals surface area contributed by atoms with Gasteiger partial charge in [0.05, 0.1) is 0 Å². The molecule has 96 valence electrons. The summed E-state index contributed by atoms with van der Waals surface area (Å²) in [6.07, 6.45) is 2.93. The summed E-state index contributed by atoms with van der Waals surface area (Å²) >= 11 is 8.86. The van der Waals surface area contributed by atoms with Crippen LogP contribution < -0.4 is 0 Å². The third kappa shape index (κ3) is 2.26. The zero-order chi connectivity index (χ0) is 13.4. The van der Waals surface area contributed by atoms with Crippen molar-refractivity contribution in [3.8, 4) is 5.69 Å². The zero-order valence-corrected chi connectivity index (χ0v) is 12.9. The quantitative estimate of drug-likeness (QED) is 0.654. The summed E-state index contributed by atoms with van der Waals surface area (Å²) in [4.78, 5) is 3.11. The van der Waals surface area contributed by atoms with Crippen LogP contribution >= 0.6 is 28.1 Å². The van der Waals surface area contributed by atoms with Gasteiger partial charge in [0.1, 0.15) is 0 Å². The van der Waals surface area contributed by atoms with Gasteiger partial charge in [-0.25, -0.2) is 0 Å². The first kappa shape index (κ1) is 12.6. The highest BCUT2D eigenvalue weighted by Crippen LogP contribution is 2.23. The lowest BCUT2D eigenvalue weighted by molar-refractivity contribution is 0.924. The number of aromatic nitrogens is 2. The van der Waals surface area contributed by atoms with E-state index < -0.39 is 0 Å². The van der Waals surface area contributed by atoms with Crippen LogP contribution in [0.2, 0.25) is 0 Å². The summed E-state index contributed by atoms with van der Waals surface area (Å²) in [6, 6.07) is 12.7. The van der Waals surface area contributed by atoms with Gasteiger partial charge in [-0.1, -0.05) is 35.0 Å². The second-order valence-corrected chi connectivity index (χ2v) is 5.75. The Bertz CT molecular complexity index is 801. The van der Waals surface area contributed by atoms with Crippen molar-refractivity contribution >= 4 is 38.9 Å². The molecule has 0 bridgehead atoms. The average Bonchev–Trinajstić information content (AvgIpc) is 2.79. The fraction of sp³-hybridized carbons (Fsp3) is 0.133. The van der Waals surface area contributed by atoms with Crippen LogP contribution in [0.3, 0.4) is 0 Å². The molecule has 2 nitrogen and oxygen atoms in total. The fourth-order valence-electron chi connectivity index (χ4n) is 2.29. The SMILES string of the molecule is CCc1c[nH]c(=S)n1-c1ccc2cc(Br)ccc2c1. The third-order valence-corrected chi connectivity index (χ3v) is 4.05. The molecule has 0 atom stereocenters. The molecule has 1 heterocycles. The maximum absolute atomic E-state index is 5.36. The van der Waals surface area contributed by atoms with Gasteiger partial charge in [-0.15, -0.1) is 0 Å². The third-order valence-electron chi connectivity index (χ3n) is 3.26. The van der Waals surface area contributed by atoms with Gasteiger partial charge >= 0.3 is 0 Å². The number of nitrogens with zero attached hydrogens (tertiary/aromatic N) is 1. The van der Waals surface area contributed by atoms with Gasteiger partial charge in [0.25, 0.3) is 0 Å². The number of halogens is 1. The van der Waals surface area contributed by atoms with E-state index in [0.29, 0.717) is 0 Å². The highest BCUT2D eigenvalue weighted by Gasteiger charge is 2.05. The number of imidazole rings is 1. The molecular weight excluding hydrogens is 320 g/mol. The fourth-order valence-corrected chi connectivity index (χ4v) is 2.95. The van der Waals surface area contributed by atoms with Crippen molar-refractivity contribution in [2.75, 3.05) is 0 Å². The Hall–Kier alpha value is -1.39. The van der Waals surface area contributed by atoms with Crippen LogP contribution in [0.1, 0.15) is 12.6 Å². The zero-order valence-electron chi connectivity index (χ0n) is 10.5. The minimum Gasteiger partial charge on any atom is -0.337 e. The van der Waals surface area contributed by atoms with Gasteiger partial charge in [-0.3, -0.25) is 4.57 Å². The van der Waals surface area contributed by atoms with Crippen LogP contribution in [0.25, 0.3) is 16.5 Å². The van der Waals surface area contributed by atoms with Gasteiger partial charge in [0, 0.05) is 22.1 Å². The van der Waals surface area contributed by atoms with E-state index in [-0.39, 0.29) is 0 Å². The highest BCUT2D eigenvalue weighted by atomic mass is 79.9. The van der Waals surface area contributed by atoms with E-state index in [9.17, 15) is 0 Å². The van der Waals surface area contributed by atoms with Crippen LogP contribution in [0.4, 0.5) is 0 Å². The number of aromatic amines is 1. The molecule has 19 heavy (non-hydrogen) atoms. The minimum absolute atomic E-state index is 0.744. The van der Waals surface area contributed by atoms with Crippen molar-refractivity contribution < 1.29 is 0 Å². The van der Waals surface area contributed by atoms with E-state index in [4.69, 9.17) is 12.2 Å². The molecule has 4 heteroatoms. The molecule has 0 spiro atoms. The Morgan fingerprint density at radius 3 is 2.68 bits per heavy atom. The average molecular weight is 333 g/mol. The monoisotopic (exact) mass is 332 g/mol. The van der Waals surface area contributed by atoms with E-state index in [1.165, 1.54) is 16.5 Å². The Morgan fingerprint density at radius 2 is 1.89 bits per heavy atom. The topological polar surface area (TPSA) is 20.7 Å². The molecule has 0 saturated carbocycles. The van der Waals surface area contributed by atoms with Gasteiger partial charge in [0.15, 0.2) is 4.77 Å². The van der Waals surface area contributed by atoms with Crippen LogP contribution in [-0.2, 0) is 6.42 Å². The molecule has 3 aromatic rings. The van der Waals surface area contributed by atoms with Crippen molar-refractivity contribution in [1.82, 2.24) is 9.55 Å². The van der Waals surface area contributed by atoms with Crippen LogP contribution in [0, 0.1) is 4.77 Å². The number of hydrogen-bond donors (Lipinski definition) is 1. The van der Waals surface area contributed by atoms with E-state index in [0.717, 1.165) is 21.4 Å². The van der Waals surface area contributed by atoms with Gasteiger partial charge in [-0.2, -0.15) is 0 Å². The van der Waals surface area contributed by atoms with Gasteiger partial charge in [-0.05, 0) is 53.7 Å². The number of aryl methyl sites for hydroxylation is 1. The summed E-state index contributed by atoms with van der Waals surface area (Å²) in [6.45, 7) is 2.13. The summed E-state index contributed by atoms with van der Waals surface area (Å²) in [5.41, 5.74) is 2.30. The first-order valence-electron chi connectivity index (χ1n) is 6.18. The van der Waals surface area contributed by atoms with Gasteiger partial charge in [0.2, 0.25) is 0 Å². The summed E-state index contributed by atoms with van der Waals surface area (Å²) in [5.74, 6) is 0. The number of rotatable bonds is 2. The Morgan fingerprint density at radius 1 is 1.16 bits per heavy atom. The molecule has 0 saturated heterocycles. The van der Waals surface area contributed by atoms with Crippen LogP contribution in [0.15, 0.2) is 47.1 Å². The second kappa shape index (κ2) is 4.94. The maximum atomic E-state index is 5.36. The molecule has 0 radical (unpaired) electrons. The van der Waals surface area contributed by atoms with E-state index in [1.807, 2.05) is 6.20 Å². The smallest absolute Gasteiger partial charge is 0.182 e. The van der Waals surface area contributed by atoms with Crippen molar-refractivity contribution in [3.63, 3.8) is 0 Å². The number of nitrogens with one attached hydrogen (secondary N) is 1. The summed E-state index contributed by atoms with van der Waals surface area (Å²) < 4.78 is 3.94. The van der Waals surface area contributed by atoms with Gasteiger partial charge < -0.3 is 4.98 Å². The Kier molecular flexibility index (Phi) is 3.29.